The molecule has 0 bridgehead atoms. The predicted octanol–water partition coefficient (Wildman–Crippen LogP) is 2.22. The van der Waals surface area contributed by atoms with E-state index in [1.807, 2.05) is 0 Å². The van der Waals surface area contributed by atoms with Crippen LogP contribution in [0.1, 0.15) is 0 Å². The number of benzene rings is 2. The minimum absolute atomic E-state index is 0. The first-order valence-corrected chi connectivity index (χ1v) is 3.40. The maximum Gasteiger partial charge on any atom is 4.00 e. The van der Waals surface area contributed by atoms with Gasteiger partial charge in [-0.05, 0) is 10.8 Å². The average molecular weight is 279 g/mol. The van der Waals surface area contributed by atoms with Gasteiger partial charge in [-0.15, -0.1) is 0 Å². The van der Waals surface area contributed by atoms with E-state index in [-0.39, 0.29) is 34.9 Å². The van der Waals surface area contributed by atoms with E-state index in [9.17, 15) is 0 Å². The zero-order valence-electron chi connectivity index (χ0n) is 6.94. The van der Waals surface area contributed by atoms with Gasteiger partial charge in [0.25, 0.3) is 0 Å². The fourth-order valence-electron chi connectivity index (χ4n) is 1.13. The molecular formula is C10H8O2Sn. The third kappa shape index (κ3) is 3.34. The molecule has 0 radical (unpaired) electrons. The van der Waals surface area contributed by atoms with E-state index in [0.717, 1.165) is 0 Å². The molecule has 0 amide bonds. The van der Waals surface area contributed by atoms with Crippen LogP contribution in [0.15, 0.2) is 48.5 Å². The van der Waals surface area contributed by atoms with Gasteiger partial charge in [-0.1, -0.05) is 48.5 Å². The second-order valence-corrected chi connectivity index (χ2v) is 2.35. The molecule has 0 aromatic heterocycles. The SMILES string of the molecule is [O-2].[O-2].[Sn+4].c1ccc2ccccc2c1. The second kappa shape index (κ2) is 6.88. The summed E-state index contributed by atoms with van der Waals surface area (Å²) in [5.41, 5.74) is 0. The van der Waals surface area contributed by atoms with Crippen molar-refractivity contribution in [3.8, 4) is 0 Å². The van der Waals surface area contributed by atoms with Gasteiger partial charge in [0.15, 0.2) is 0 Å². The van der Waals surface area contributed by atoms with Crippen molar-refractivity contribution in [2.75, 3.05) is 0 Å². The first-order valence-electron chi connectivity index (χ1n) is 3.40. The van der Waals surface area contributed by atoms with Crippen molar-refractivity contribution >= 4 is 34.7 Å². The molecule has 0 saturated carbocycles. The first-order chi connectivity index (χ1) is 4.97. The molecule has 0 atom stereocenters. The Morgan fingerprint density at radius 2 is 0.769 bits per heavy atom. The second-order valence-electron chi connectivity index (χ2n) is 2.35. The van der Waals surface area contributed by atoms with E-state index in [0.29, 0.717) is 0 Å². The van der Waals surface area contributed by atoms with Crippen LogP contribution < -0.4 is 0 Å². The third-order valence-corrected chi connectivity index (χ3v) is 1.66. The normalized spacial score (nSPS) is 7.69. The minimum atomic E-state index is 0. The van der Waals surface area contributed by atoms with Gasteiger partial charge in [0, 0.05) is 0 Å². The smallest absolute Gasteiger partial charge is 2.00 e. The molecule has 0 unspecified atom stereocenters. The van der Waals surface area contributed by atoms with E-state index in [4.69, 9.17) is 0 Å². The summed E-state index contributed by atoms with van der Waals surface area (Å²) in [6.07, 6.45) is 0. The van der Waals surface area contributed by atoms with Gasteiger partial charge in [0.1, 0.15) is 0 Å². The van der Waals surface area contributed by atoms with Crippen molar-refractivity contribution in [2.24, 2.45) is 0 Å². The predicted molar refractivity (Wildman–Crippen MR) is 51.1 cm³/mol. The van der Waals surface area contributed by atoms with Crippen LogP contribution in [0, 0.1) is 0 Å². The Labute approximate surface area is 94.2 Å². The summed E-state index contributed by atoms with van der Waals surface area (Å²) in [6.45, 7) is 0. The summed E-state index contributed by atoms with van der Waals surface area (Å²) in [4.78, 5) is 0. The molecule has 0 aliphatic carbocycles. The topological polar surface area (TPSA) is 57.0 Å². The fourth-order valence-corrected chi connectivity index (χ4v) is 1.13. The van der Waals surface area contributed by atoms with Crippen molar-refractivity contribution in [1.82, 2.24) is 0 Å². The molecule has 13 heavy (non-hydrogen) atoms. The van der Waals surface area contributed by atoms with Gasteiger partial charge in [0.2, 0.25) is 0 Å². The molecule has 3 heteroatoms. The summed E-state index contributed by atoms with van der Waals surface area (Å²) in [5, 5.41) is 2.62. The molecule has 0 heterocycles. The summed E-state index contributed by atoms with van der Waals surface area (Å²) in [5.74, 6) is 0. The molecule has 2 rings (SSSR count). The van der Waals surface area contributed by atoms with E-state index >= 15 is 0 Å². The van der Waals surface area contributed by atoms with Crippen molar-refractivity contribution in [2.45, 2.75) is 0 Å². The Morgan fingerprint density at radius 1 is 0.538 bits per heavy atom. The fraction of sp³-hybridized carbons (Fsp3) is 0. The summed E-state index contributed by atoms with van der Waals surface area (Å²) in [7, 11) is 0. The summed E-state index contributed by atoms with van der Waals surface area (Å²) in [6, 6.07) is 16.7. The Balaban J connectivity index is 0. The Morgan fingerprint density at radius 3 is 1.00 bits per heavy atom. The molecule has 0 spiro atoms. The van der Waals surface area contributed by atoms with Crippen molar-refractivity contribution in [3.05, 3.63) is 48.5 Å². The largest absolute Gasteiger partial charge is 4.00 e. The Kier molecular flexibility index (Phi) is 7.90. The van der Waals surface area contributed by atoms with Gasteiger partial charge >= 0.3 is 23.9 Å². The van der Waals surface area contributed by atoms with Crippen LogP contribution in [0.25, 0.3) is 10.8 Å². The van der Waals surface area contributed by atoms with Gasteiger partial charge in [-0.25, -0.2) is 0 Å². The molecule has 0 N–H and O–H groups in total. The third-order valence-electron chi connectivity index (χ3n) is 1.66. The molecular weight excluding hydrogens is 271 g/mol. The molecule has 2 aromatic rings. The Hall–Kier alpha value is -0.581. The van der Waals surface area contributed by atoms with Gasteiger partial charge in [0.05, 0.1) is 0 Å². The monoisotopic (exact) mass is 280 g/mol. The van der Waals surface area contributed by atoms with E-state index in [1.165, 1.54) is 10.8 Å². The quantitative estimate of drug-likeness (QED) is 0.664. The number of hydrogen-bond donors (Lipinski definition) is 0. The molecule has 0 fully saturated rings. The van der Waals surface area contributed by atoms with Gasteiger partial charge < -0.3 is 11.0 Å². The molecule has 0 saturated heterocycles. The number of fused-ring (bicyclic) bond motifs is 1. The van der Waals surface area contributed by atoms with Crippen LogP contribution in [-0.2, 0) is 11.0 Å². The summed E-state index contributed by atoms with van der Waals surface area (Å²) >= 11 is 0. The van der Waals surface area contributed by atoms with E-state index in [1.54, 1.807) is 0 Å². The first kappa shape index (κ1) is 14.9. The maximum absolute atomic E-state index is 2.12. The standard InChI is InChI=1S/C10H8.2O.Sn/c1-2-6-10-8-4-3-7-9(10)5-1;;;/h1-8H;;;/q;2*-2;+4. The van der Waals surface area contributed by atoms with Crippen LogP contribution in [-0.4, -0.2) is 23.9 Å². The van der Waals surface area contributed by atoms with Crippen molar-refractivity contribution in [3.63, 3.8) is 0 Å². The minimum Gasteiger partial charge on any atom is -2.00 e. The molecule has 2 aromatic carbocycles. The molecule has 64 valence electrons. The number of rotatable bonds is 0. The van der Waals surface area contributed by atoms with Crippen LogP contribution in [0.2, 0.25) is 0 Å². The van der Waals surface area contributed by atoms with Crippen LogP contribution >= 0.6 is 0 Å². The van der Waals surface area contributed by atoms with Gasteiger partial charge in [-0.3, -0.25) is 0 Å². The number of hydrogen-bond acceptors (Lipinski definition) is 0. The van der Waals surface area contributed by atoms with Crippen LogP contribution in [0.5, 0.6) is 0 Å². The van der Waals surface area contributed by atoms with Crippen LogP contribution in [0.4, 0.5) is 0 Å². The van der Waals surface area contributed by atoms with Gasteiger partial charge in [-0.2, -0.15) is 0 Å². The molecule has 0 aliphatic rings. The molecule has 2 nitrogen and oxygen atoms in total. The molecule has 0 aliphatic heterocycles. The van der Waals surface area contributed by atoms with E-state index in [2.05, 4.69) is 48.5 Å². The maximum atomic E-state index is 2.12. The van der Waals surface area contributed by atoms with Crippen molar-refractivity contribution < 1.29 is 11.0 Å². The average Bonchev–Trinajstić information content (AvgIpc) is 2.05. The zero-order valence-corrected chi connectivity index (χ0v) is 9.79. The van der Waals surface area contributed by atoms with Crippen LogP contribution in [0.3, 0.4) is 0 Å². The Bertz CT molecular complexity index is 284. The summed E-state index contributed by atoms with van der Waals surface area (Å²) < 4.78 is 0. The zero-order chi connectivity index (χ0) is 6.81. The van der Waals surface area contributed by atoms with E-state index < -0.39 is 0 Å². The van der Waals surface area contributed by atoms with Crippen molar-refractivity contribution in [1.29, 1.82) is 0 Å².